The molecule has 1 aromatic carbocycles. The van der Waals surface area contributed by atoms with Gasteiger partial charge < -0.3 is 0 Å². The van der Waals surface area contributed by atoms with Crippen LogP contribution < -0.4 is 4.72 Å². The summed E-state index contributed by atoms with van der Waals surface area (Å²) in [5, 5.41) is -0.404. The third-order valence-electron chi connectivity index (χ3n) is 2.62. The average molecular weight is 241 g/mol. The fourth-order valence-corrected chi connectivity index (χ4v) is 2.41. The summed E-state index contributed by atoms with van der Waals surface area (Å²) in [6, 6.07) is 7.61. The molecule has 1 atom stereocenters. The molecule has 0 unspecified atom stereocenters. The number of nitrogens with one attached hydrogen (secondary N) is 1. The Balaban J connectivity index is 2.89. The van der Waals surface area contributed by atoms with Crippen molar-refractivity contribution in [1.29, 1.82) is 0 Å². The highest BCUT2D eigenvalue weighted by molar-refractivity contribution is 7.90. The normalized spacial score (nSPS) is 14.1. The summed E-state index contributed by atoms with van der Waals surface area (Å²) in [6.45, 7) is 7.19. The van der Waals surface area contributed by atoms with Crippen molar-refractivity contribution in [3.05, 3.63) is 35.4 Å². The van der Waals surface area contributed by atoms with Crippen LogP contribution in [0.1, 0.15) is 37.9 Å². The van der Waals surface area contributed by atoms with E-state index < -0.39 is 15.3 Å². The maximum Gasteiger partial charge on any atom is 0.214 e. The second kappa shape index (κ2) is 4.97. The lowest BCUT2D eigenvalue weighted by molar-refractivity contribution is 0.557. The smallest absolute Gasteiger partial charge is 0.212 e. The van der Waals surface area contributed by atoms with Gasteiger partial charge in [-0.15, -0.1) is 0 Å². The van der Waals surface area contributed by atoms with Crippen molar-refractivity contribution in [2.45, 2.75) is 39.0 Å². The number of rotatable bonds is 4. The van der Waals surface area contributed by atoms with Crippen LogP contribution in [0.3, 0.4) is 0 Å². The maximum absolute atomic E-state index is 11.7. The number of sulfonamides is 1. The highest BCUT2D eigenvalue weighted by Gasteiger charge is 2.19. The Bertz CT molecular complexity index is 452. The van der Waals surface area contributed by atoms with Crippen molar-refractivity contribution in [3.63, 3.8) is 0 Å². The van der Waals surface area contributed by atoms with Crippen LogP contribution >= 0.6 is 0 Å². The van der Waals surface area contributed by atoms with E-state index >= 15 is 0 Å². The van der Waals surface area contributed by atoms with Crippen LogP contribution in [0.4, 0.5) is 0 Å². The van der Waals surface area contributed by atoms with Crippen LogP contribution in [0, 0.1) is 6.92 Å². The molecule has 0 heterocycles. The zero-order chi connectivity index (χ0) is 12.3. The predicted octanol–water partition coefficient (Wildman–Crippen LogP) is 2.38. The van der Waals surface area contributed by atoms with Gasteiger partial charge in [-0.1, -0.05) is 24.3 Å². The minimum Gasteiger partial charge on any atom is -0.212 e. The topological polar surface area (TPSA) is 46.2 Å². The van der Waals surface area contributed by atoms with Crippen LogP contribution in [-0.2, 0) is 10.0 Å². The van der Waals surface area contributed by atoms with Crippen LogP contribution in [-0.4, -0.2) is 13.7 Å². The Morgan fingerprint density at radius 3 is 2.19 bits per heavy atom. The van der Waals surface area contributed by atoms with E-state index in [1.165, 1.54) is 0 Å². The van der Waals surface area contributed by atoms with Crippen molar-refractivity contribution >= 4 is 10.0 Å². The van der Waals surface area contributed by atoms with E-state index in [0.717, 1.165) is 11.1 Å². The highest BCUT2D eigenvalue weighted by Crippen LogP contribution is 2.18. The lowest BCUT2D eigenvalue weighted by atomic mass is 10.0. The van der Waals surface area contributed by atoms with Gasteiger partial charge in [-0.25, -0.2) is 13.1 Å². The second-order valence-electron chi connectivity index (χ2n) is 4.29. The molecule has 1 aromatic rings. The monoisotopic (exact) mass is 241 g/mol. The van der Waals surface area contributed by atoms with Gasteiger partial charge in [-0.2, -0.15) is 0 Å². The highest BCUT2D eigenvalue weighted by atomic mass is 32.2. The molecule has 1 rings (SSSR count). The Kier molecular flexibility index (Phi) is 4.10. The molecule has 16 heavy (non-hydrogen) atoms. The quantitative estimate of drug-likeness (QED) is 0.879. The third kappa shape index (κ3) is 3.06. The first-order valence-corrected chi connectivity index (χ1v) is 6.96. The summed E-state index contributed by atoms with van der Waals surface area (Å²) in [4.78, 5) is 0. The summed E-state index contributed by atoms with van der Waals surface area (Å²) in [5.74, 6) is 0. The Labute approximate surface area is 97.9 Å². The molecule has 0 aliphatic heterocycles. The number of hydrogen-bond donors (Lipinski definition) is 1. The van der Waals surface area contributed by atoms with Crippen molar-refractivity contribution < 1.29 is 8.42 Å². The van der Waals surface area contributed by atoms with E-state index in [4.69, 9.17) is 0 Å². The van der Waals surface area contributed by atoms with Crippen molar-refractivity contribution in [2.75, 3.05) is 0 Å². The zero-order valence-electron chi connectivity index (χ0n) is 10.2. The van der Waals surface area contributed by atoms with E-state index in [9.17, 15) is 8.42 Å². The average Bonchev–Trinajstić information content (AvgIpc) is 2.17. The minimum absolute atomic E-state index is 0.186. The summed E-state index contributed by atoms with van der Waals surface area (Å²) >= 11 is 0. The number of hydrogen-bond acceptors (Lipinski definition) is 2. The summed E-state index contributed by atoms with van der Waals surface area (Å²) in [6.07, 6.45) is 0. The molecule has 3 nitrogen and oxygen atoms in total. The van der Waals surface area contributed by atoms with E-state index in [1.54, 1.807) is 13.8 Å². The minimum atomic E-state index is -3.21. The van der Waals surface area contributed by atoms with Crippen LogP contribution in [0.2, 0.25) is 0 Å². The Morgan fingerprint density at radius 1 is 1.12 bits per heavy atom. The second-order valence-corrected chi connectivity index (χ2v) is 6.56. The molecule has 1 N–H and O–H groups in total. The standard InChI is InChI=1S/C12H19NO2S/c1-9(2)16(14,15)13-11(4)12-8-6-5-7-10(12)3/h5-9,11,13H,1-4H3/t11-/m1/s1. The zero-order valence-corrected chi connectivity index (χ0v) is 11.0. The molecular formula is C12H19NO2S. The van der Waals surface area contributed by atoms with Gasteiger partial charge in [0.15, 0.2) is 0 Å². The van der Waals surface area contributed by atoms with Gasteiger partial charge in [0.1, 0.15) is 0 Å². The molecule has 0 saturated carbocycles. The molecule has 0 aliphatic rings. The SMILES string of the molecule is Cc1ccccc1[C@@H](C)NS(=O)(=O)C(C)C. The molecule has 90 valence electrons. The van der Waals surface area contributed by atoms with Crippen molar-refractivity contribution in [2.24, 2.45) is 0 Å². The molecule has 0 spiro atoms. The van der Waals surface area contributed by atoms with Gasteiger partial charge in [0, 0.05) is 6.04 Å². The lowest BCUT2D eigenvalue weighted by Crippen LogP contribution is -2.33. The summed E-state index contributed by atoms with van der Waals surface area (Å²) in [5.41, 5.74) is 2.12. The van der Waals surface area contributed by atoms with Gasteiger partial charge >= 0.3 is 0 Å². The van der Waals surface area contributed by atoms with Gasteiger partial charge in [0.2, 0.25) is 10.0 Å². The molecule has 0 fully saturated rings. The maximum atomic E-state index is 11.7. The largest absolute Gasteiger partial charge is 0.214 e. The van der Waals surface area contributed by atoms with Crippen LogP contribution in [0.25, 0.3) is 0 Å². The number of benzene rings is 1. The fourth-order valence-electron chi connectivity index (χ4n) is 1.52. The van der Waals surface area contributed by atoms with E-state index in [0.29, 0.717) is 0 Å². The number of aryl methyl sites for hydroxylation is 1. The van der Waals surface area contributed by atoms with Gasteiger partial charge in [-0.05, 0) is 38.8 Å². The first kappa shape index (κ1) is 13.2. The van der Waals surface area contributed by atoms with E-state index in [-0.39, 0.29) is 6.04 Å². The first-order chi connectivity index (χ1) is 7.34. The third-order valence-corrected chi connectivity index (χ3v) is 4.54. The molecular weight excluding hydrogens is 222 g/mol. The van der Waals surface area contributed by atoms with Gasteiger partial charge in [0.25, 0.3) is 0 Å². The molecule has 0 saturated heterocycles. The fraction of sp³-hybridized carbons (Fsp3) is 0.500. The molecule has 0 bridgehead atoms. The summed E-state index contributed by atoms with van der Waals surface area (Å²) < 4.78 is 26.1. The van der Waals surface area contributed by atoms with Crippen molar-refractivity contribution in [1.82, 2.24) is 4.72 Å². The van der Waals surface area contributed by atoms with E-state index in [1.807, 2.05) is 38.1 Å². The van der Waals surface area contributed by atoms with Gasteiger partial charge in [0.05, 0.1) is 5.25 Å². The molecule has 0 radical (unpaired) electrons. The summed E-state index contributed by atoms with van der Waals surface area (Å²) in [7, 11) is -3.21. The first-order valence-electron chi connectivity index (χ1n) is 5.41. The molecule has 0 aromatic heterocycles. The molecule has 4 heteroatoms. The lowest BCUT2D eigenvalue weighted by Gasteiger charge is -2.18. The van der Waals surface area contributed by atoms with Crippen LogP contribution in [0.15, 0.2) is 24.3 Å². The van der Waals surface area contributed by atoms with Crippen LogP contribution in [0.5, 0.6) is 0 Å². The molecule has 0 aliphatic carbocycles. The molecule has 0 amide bonds. The van der Waals surface area contributed by atoms with Gasteiger partial charge in [-0.3, -0.25) is 0 Å². The van der Waals surface area contributed by atoms with E-state index in [2.05, 4.69) is 4.72 Å². The Morgan fingerprint density at radius 2 is 1.69 bits per heavy atom. The van der Waals surface area contributed by atoms with Crippen molar-refractivity contribution in [3.8, 4) is 0 Å². The Hall–Kier alpha value is -0.870. The predicted molar refractivity (Wildman–Crippen MR) is 66.8 cm³/mol.